The van der Waals surface area contributed by atoms with Crippen LogP contribution in [0.2, 0.25) is 0 Å². The number of aromatic nitrogens is 1. The first kappa shape index (κ1) is 14.6. The summed E-state index contributed by atoms with van der Waals surface area (Å²) in [5.74, 6) is -2.38. The number of carboxylic acid groups (broad SMARTS) is 1. The molecule has 18 heavy (non-hydrogen) atoms. The van der Waals surface area contributed by atoms with Crippen molar-refractivity contribution in [3.05, 3.63) is 16.1 Å². The van der Waals surface area contributed by atoms with Crippen molar-refractivity contribution in [1.29, 1.82) is 0 Å². The van der Waals surface area contributed by atoms with Gasteiger partial charge in [-0.25, -0.2) is 4.98 Å². The number of hydrogen-bond donors (Lipinski definition) is 2. The van der Waals surface area contributed by atoms with E-state index in [0.29, 0.717) is 13.0 Å². The molecule has 0 saturated heterocycles. The number of nitrogens with one attached hydrogen (secondary N) is 1. The first-order valence-corrected chi connectivity index (χ1v) is 6.71. The van der Waals surface area contributed by atoms with Crippen LogP contribution in [0.15, 0.2) is 5.38 Å². The highest BCUT2D eigenvalue weighted by Crippen LogP contribution is 2.11. The number of thiazole rings is 1. The van der Waals surface area contributed by atoms with Crippen molar-refractivity contribution < 1.29 is 14.7 Å². The van der Waals surface area contributed by atoms with Crippen molar-refractivity contribution in [2.45, 2.75) is 27.2 Å². The predicted molar refractivity (Wildman–Crippen MR) is 69.5 cm³/mol. The van der Waals surface area contributed by atoms with Gasteiger partial charge >= 0.3 is 5.97 Å². The van der Waals surface area contributed by atoms with E-state index in [1.165, 1.54) is 6.92 Å². The molecule has 0 saturated carbocycles. The molecule has 1 amide bonds. The van der Waals surface area contributed by atoms with Gasteiger partial charge in [0.1, 0.15) is 0 Å². The molecule has 0 fully saturated rings. The van der Waals surface area contributed by atoms with Gasteiger partial charge in [-0.1, -0.05) is 13.8 Å². The molecule has 2 atom stereocenters. The summed E-state index contributed by atoms with van der Waals surface area (Å²) >= 11 is 1.56. The van der Waals surface area contributed by atoms with Gasteiger partial charge in [0.25, 0.3) is 0 Å². The van der Waals surface area contributed by atoms with E-state index >= 15 is 0 Å². The van der Waals surface area contributed by atoms with Gasteiger partial charge in [0.05, 0.1) is 10.9 Å². The molecule has 2 unspecified atom stereocenters. The quantitative estimate of drug-likeness (QED) is 0.820. The van der Waals surface area contributed by atoms with Crippen LogP contribution < -0.4 is 5.32 Å². The molecule has 2 N–H and O–H groups in total. The lowest BCUT2D eigenvalue weighted by Gasteiger charge is -2.15. The monoisotopic (exact) mass is 270 g/mol. The number of amides is 1. The molecular formula is C12H18N2O3S. The van der Waals surface area contributed by atoms with Gasteiger partial charge in [-0.15, -0.1) is 11.3 Å². The molecule has 0 spiro atoms. The molecule has 0 aliphatic rings. The fourth-order valence-electron chi connectivity index (χ4n) is 1.41. The summed E-state index contributed by atoms with van der Waals surface area (Å²) in [5, 5.41) is 14.5. The average Bonchev–Trinajstić information content (AvgIpc) is 2.72. The number of hydrogen-bond acceptors (Lipinski definition) is 4. The zero-order valence-electron chi connectivity index (χ0n) is 10.8. The van der Waals surface area contributed by atoms with Gasteiger partial charge < -0.3 is 10.4 Å². The number of carbonyl (C=O) groups excluding carboxylic acids is 1. The van der Waals surface area contributed by atoms with Crippen molar-refractivity contribution >= 4 is 23.2 Å². The summed E-state index contributed by atoms with van der Waals surface area (Å²) in [6.07, 6.45) is 0.679. The summed E-state index contributed by atoms with van der Waals surface area (Å²) in [4.78, 5) is 26.7. The average molecular weight is 270 g/mol. The molecule has 0 bridgehead atoms. The largest absolute Gasteiger partial charge is 0.481 e. The molecule has 1 rings (SSSR count). The molecule has 0 radical (unpaired) electrons. The fraction of sp³-hybridized carbons (Fsp3) is 0.583. The van der Waals surface area contributed by atoms with E-state index in [1.807, 2.05) is 12.3 Å². The summed E-state index contributed by atoms with van der Waals surface area (Å²) < 4.78 is 0. The third-order valence-electron chi connectivity index (χ3n) is 2.86. The highest BCUT2D eigenvalue weighted by atomic mass is 32.1. The lowest BCUT2D eigenvalue weighted by molar-refractivity contribution is -0.146. The third kappa shape index (κ3) is 4.10. The molecule has 100 valence electrons. The Morgan fingerprint density at radius 2 is 2.11 bits per heavy atom. The van der Waals surface area contributed by atoms with E-state index in [1.54, 1.807) is 18.3 Å². The summed E-state index contributed by atoms with van der Waals surface area (Å²) in [5.41, 5.74) is 0.981. The number of carbonyl (C=O) groups is 2. The number of rotatable bonds is 6. The molecule has 0 aliphatic heterocycles. The van der Waals surface area contributed by atoms with Crippen molar-refractivity contribution in [1.82, 2.24) is 10.3 Å². The minimum absolute atomic E-state index is 0.224. The normalized spacial score (nSPS) is 13.9. The summed E-state index contributed by atoms with van der Waals surface area (Å²) in [7, 11) is 0. The predicted octanol–water partition coefficient (Wildman–Crippen LogP) is 1.47. The van der Waals surface area contributed by atoms with Gasteiger partial charge in [0, 0.05) is 30.0 Å². The zero-order chi connectivity index (χ0) is 13.7. The Labute approximate surface area is 110 Å². The first-order valence-electron chi connectivity index (χ1n) is 5.83. The molecule has 1 heterocycles. The number of nitrogens with zero attached hydrogens (tertiary/aromatic N) is 1. The Balaban J connectivity index is 2.35. The lowest BCUT2D eigenvalue weighted by atomic mass is 9.95. The minimum atomic E-state index is -0.951. The number of carboxylic acids is 1. The van der Waals surface area contributed by atoms with Gasteiger partial charge in [0.2, 0.25) is 5.91 Å². The molecular weight excluding hydrogens is 252 g/mol. The highest BCUT2D eigenvalue weighted by molar-refractivity contribution is 7.09. The van der Waals surface area contributed by atoms with E-state index in [0.717, 1.165) is 10.7 Å². The second-order valence-electron chi connectivity index (χ2n) is 4.34. The van der Waals surface area contributed by atoms with E-state index in [2.05, 4.69) is 10.3 Å². The summed E-state index contributed by atoms with van der Waals surface area (Å²) in [6, 6.07) is 0. The van der Waals surface area contributed by atoms with E-state index in [9.17, 15) is 9.59 Å². The van der Waals surface area contributed by atoms with E-state index in [-0.39, 0.29) is 5.91 Å². The highest BCUT2D eigenvalue weighted by Gasteiger charge is 2.25. The number of aryl methyl sites for hydroxylation is 1. The standard InChI is InChI=1S/C12H18N2O3S/c1-7-6-18-10(14-7)4-5-13-11(15)8(2)9(3)12(16)17/h6,8-9H,4-5H2,1-3H3,(H,13,15)(H,16,17). The Bertz CT molecular complexity index is 431. The van der Waals surface area contributed by atoms with Crippen LogP contribution in [0.1, 0.15) is 24.5 Å². The van der Waals surface area contributed by atoms with Crippen LogP contribution >= 0.6 is 11.3 Å². The van der Waals surface area contributed by atoms with Crippen LogP contribution in [0.3, 0.4) is 0 Å². The SMILES string of the molecule is Cc1csc(CCNC(=O)C(C)C(C)C(=O)O)n1. The maximum absolute atomic E-state index is 11.7. The lowest BCUT2D eigenvalue weighted by Crippen LogP contribution is -2.36. The Morgan fingerprint density at radius 3 is 2.61 bits per heavy atom. The van der Waals surface area contributed by atoms with Crippen molar-refractivity contribution in [2.24, 2.45) is 11.8 Å². The van der Waals surface area contributed by atoms with Crippen molar-refractivity contribution in [2.75, 3.05) is 6.54 Å². The Hall–Kier alpha value is -1.43. The molecule has 0 aliphatic carbocycles. The first-order chi connectivity index (χ1) is 8.41. The van der Waals surface area contributed by atoms with Crippen LogP contribution in [0.25, 0.3) is 0 Å². The fourth-order valence-corrected chi connectivity index (χ4v) is 2.19. The Kier molecular flexibility index (Phi) is 5.27. The zero-order valence-corrected chi connectivity index (χ0v) is 11.6. The van der Waals surface area contributed by atoms with Gasteiger partial charge in [0.15, 0.2) is 0 Å². The van der Waals surface area contributed by atoms with Crippen LogP contribution in [-0.2, 0) is 16.0 Å². The Morgan fingerprint density at radius 1 is 1.44 bits per heavy atom. The molecule has 1 aromatic rings. The molecule has 1 aromatic heterocycles. The topological polar surface area (TPSA) is 79.3 Å². The van der Waals surface area contributed by atoms with Gasteiger partial charge in [-0.05, 0) is 6.92 Å². The van der Waals surface area contributed by atoms with E-state index < -0.39 is 17.8 Å². The molecule has 5 nitrogen and oxygen atoms in total. The maximum Gasteiger partial charge on any atom is 0.307 e. The maximum atomic E-state index is 11.7. The molecule has 6 heteroatoms. The smallest absolute Gasteiger partial charge is 0.307 e. The third-order valence-corrected chi connectivity index (χ3v) is 3.88. The minimum Gasteiger partial charge on any atom is -0.481 e. The second kappa shape index (κ2) is 6.49. The molecule has 0 aromatic carbocycles. The van der Waals surface area contributed by atoms with Crippen molar-refractivity contribution in [3.8, 4) is 0 Å². The van der Waals surface area contributed by atoms with Crippen LogP contribution in [-0.4, -0.2) is 28.5 Å². The number of aliphatic carboxylic acids is 1. The van der Waals surface area contributed by atoms with Crippen LogP contribution in [0.5, 0.6) is 0 Å². The van der Waals surface area contributed by atoms with Crippen LogP contribution in [0, 0.1) is 18.8 Å². The van der Waals surface area contributed by atoms with Gasteiger partial charge in [-0.3, -0.25) is 9.59 Å². The van der Waals surface area contributed by atoms with E-state index in [4.69, 9.17) is 5.11 Å². The van der Waals surface area contributed by atoms with Crippen molar-refractivity contribution in [3.63, 3.8) is 0 Å². The summed E-state index contributed by atoms with van der Waals surface area (Å²) in [6.45, 7) is 5.58. The second-order valence-corrected chi connectivity index (χ2v) is 5.28. The van der Waals surface area contributed by atoms with Gasteiger partial charge in [-0.2, -0.15) is 0 Å². The van der Waals surface area contributed by atoms with Crippen LogP contribution in [0.4, 0.5) is 0 Å².